The zero-order chi connectivity index (χ0) is 22.4. The van der Waals surface area contributed by atoms with Gasteiger partial charge < -0.3 is 29.1 Å². The maximum atomic E-state index is 12.8. The predicted molar refractivity (Wildman–Crippen MR) is 111 cm³/mol. The fourth-order valence-electron chi connectivity index (χ4n) is 2.67. The Morgan fingerprint density at radius 1 is 1.10 bits per heavy atom. The Hall–Kier alpha value is -4.01. The van der Waals surface area contributed by atoms with E-state index in [1.807, 2.05) is 6.92 Å². The number of carbonyl (C=O) groups excluding carboxylic acids is 1. The number of para-hydroxylation sites is 2. The first-order valence-corrected chi connectivity index (χ1v) is 9.49. The van der Waals surface area contributed by atoms with Crippen molar-refractivity contribution in [2.24, 2.45) is 0 Å². The number of carboxylic acid groups (broad SMARTS) is 1. The van der Waals surface area contributed by atoms with E-state index < -0.39 is 17.9 Å². The van der Waals surface area contributed by atoms with E-state index in [4.69, 9.17) is 23.7 Å². The van der Waals surface area contributed by atoms with Crippen LogP contribution in [0, 0.1) is 0 Å². The summed E-state index contributed by atoms with van der Waals surface area (Å²) in [5, 5.41) is 11.3. The molecule has 0 spiro atoms. The van der Waals surface area contributed by atoms with Gasteiger partial charge >= 0.3 is 5.97 Å². The van der Waals surface area contributed by atoms with Crippen LogP contribution in [0.25, 0.3) is 11.0 Å². The second kappa shape index (κ2) is 9.66. The summed E-state index contributed by atoms with van der Waals surface area (Å²) in [6.07, 6.45) is 1.19. The molecule has 1 heterocycles. The maximum absolute atomic E-state index is 12.8. The second-order valence-corrected chi connectivity index (χ2v) is 6.48. The molecule has 0 saturated carbocycles. The first-order valence-electron chi connectivity index (χ1n) is 9.49. The standard InChI is InChI=1S/C22H21NO8/c1-3-28-16-6-4-5-7-17(16)31-19-11-30-18-10-14(8-9-15(18)21(19)25)29-12-20(24)23-13(2)22(26)27/h4-11,13H,3,12H2,1-2H3,(H,23,24)(H,26,27)/t13-/m0/s1. The lowest BCUT2D eigenvalue weighted by Gasteiger charge is -2.11. The van der Waals surface area contributed by atoms with Crippen LogP contribution in [0.2, 0.25) is 0 Å². The molecule has 1 aromatic heterocycles. The number of benzene rings is 2. The highest BCUT2D eigenvalue weighted by Crippen LogP contribution is 2.31. The van der Waals surface area contributed by atoms with E-state index >= 15 is 0 Å². The summed E-state index contributed by atoms with van der Waals surface area (Å²) in [5.74, 6) is -0.573. The van der Waals surface area contributed by atoms with Crippen molar-refractivity contribution in [2.75, 3.05) is 13.2 Å². The molecular weight excluding hydrogens is 406 g/mol. The van der Waals surface area contributed by atoms with Gasteiger partial charge in [-0.1, -0.05) is 12.1 Å². The average molecular weight is 427 g/mol. The first kappa shape index (κ1) is 21.7. The Balaban J connectivity index is 1.75. The molecule has 0 fully saturated rings. The van der Waals surface area contributed by atoms with Gasteiger partial charge in [0.05, 0.1) is 12.0 Å². The number of ether oxygens (including phenoxy) is 3. The van der Waals surface area contributed by atoms with Gasteiger partial charge in [0.1, 0.15) is 23.6 Å². The maximum Gasteiger partial charge on any atom is 0.325 e. The van der Waals surface area contributed by atoms with E-state index in [-0.39, 0.29) is 34.5 Å². The summed E-state index contributed by atoms with van der Waals surface area (Å²) in [7, 11) is 0. The quantitative estimate of drug-likeness (QED) is 0.534. The zero-order valence-corrected chi connectivity index (χ0v) is 16.9. The molecule has 9 nitrogen and oxygen atoms in total. The zero-order valence-electron chi connectivity index (χ0n) is 16.9. The molecule has 3 rings (SSSR count). The van der Waals surface area contributed by atoms with E-state index in [1.54, 1.807) is 24.3 Å². The molecule has 0 aliphatic rings. The molecule has 2 N–H and O–H groups in total. The topological polar surface area (TPSA) is 124 Å². The monoisotopic (exact) mass is 427 g/mol. The van der Waals surface area contributed by atoms with Crippen LogP contribution in [-0.4, -0.2) is 36.2 Å². The molecule has 1 amide bonds. The van der Waals surface area contributed by atoms with Crippen molar-refractivity contribution >= 4 is 22.8 Å². The Morgan fingerprint density at radius 3 is 2.55 bits per heavy atom. The van der Waals surface area contributed by atoms with Crippen molar-refractivity contribution in [1.29, 1.82) is 0 Å². The van der Waals surface area contributed by atoms with E-state index in [0.29, 0.717) is 18.1 Å². The van der Waals surface area contributed by atoms with Crippen LogP contribution in [0.5, 0.6) is 23.0 Å². The SMILES string of the molecule is CCOc1ccccc1Oc1coc2cc(OCC(=O)N[C@@H](C)C(=O)O)ccc2c1=O. The minimum atomic E-state index is -1.15. The summed E-state index contributed by atoms with van der Waals surface area (Å²) in [4.78, 5) is 35.3. The molecule has 162 valence electrons. The van der Waals surface area contributed by atoms with Gasteiger partial charge in [0.25, 0.3) is 5.91 Å². The van der Waals surface area contributed by atoms with Gasteiger partial charge in [0, 0.05) is 6.07 Å². The van der Waals surface area contributed by atoms with E-state index in [2.05, 4.69) is 5.32 Å². The van der Waals surface area contributed by atoms with E-state index in [9.17, 15) is 14.4 Å². The van der Waals surface area contributed by atoms with Crippen LogP contribution < -0.4 is 25.0 Å². The molecule has 31 heavy (non-hydrogen) atoms. The number of carboxylic acids is 1. The fourth-order valence-corrected chi connectivity index (χ4v) is 2.67. The Labute approximate surface area is 177 Å². The highest BCUT2D eigenvalue weighted by atomic mass is 16.5. The molecule has 0 unspecified atom stereocenters. The minimum absolute atomic E-state index is 0.00430. The van der Waals surface area contributed by atoms with Gasteiger partial charge in [-0.3, -0.25) is 14.4 Å². The van der Waals surface area contributed by atoms with Crippen molar-refractivity contribution in [3.05, 3.63) is 59.0 Å². The highest BCUT2D eigenvalue weighted by molar-refractivity contribution is 5.84. The molecule has 0 bridgehead atoms. The Kier molecular flexibility index (Phi) is 6.76. The first-order chi connectivity index (χ1) is 14.9. The fraction of sp³-hybridized carbons (Fsp3) is 0.227. The second-order valence-electron chi connectivity index (χ2n) is 6.48. The summed E-state index contributed by atoms with van der Waals surface area (Å²) in [6, 6.07) is 10.4. The summed E-state index contributed by atoms with van der Waals surface area (Å²) in [6.45, 7) is 3.25. The minimum Gasteiger partial charge on any atom is -0.490 e. The Morgan fingerprint density at radius 2 is 1.84 bits per heavy atom. The molecule has 9 heteroatoms. The van der Waals surface area contributed by atoms with Crippen molar-refractivity contribution in [2.45, 2.75) is 19.9 Å². The molecule has 2 aromatic carbocycles. The van der Waals surface area contributed by atoms with Gasteiger partial charge in [0.15, 0.2) is 18.1 Å². The summed E-state index contributed by atoms with van der Waals surface area (Å²) < 4.78 is 22.1. The summed E-state index contributed by atoms with van der Waals surface area (Å²) in [5.41, 5.74) is -0.139. The van der Waals surface area contributed by atoms with Crippen LogP contribution in [0.4, 0.5) is 0 Å². The lowest BCUT2D eigenvalue weighted by Crippen LogP contribution is -2.40. The largest absolute Gasteiger partial charge is 0.490 e. The average Bonchev–Trinajstić information content (AvgIpc) is 2.75. The molecule has 0 aliphatic heterocycles. The van der Waals surface area contributed by atoms with Crippen LogP contribution in [0.3, 0.4) is 0 Å². The third kappa shape index (κ3) is 5.33. The number of nitrogens with one attached hydrogen (secondary N) is 1. The number of amides is 1. The molecule has 0 aliphatic carbocycles. The van der Waals surface area contributed by atoms with Gasteiger partial charge in [-0.2, -0.15) is 0 Å². The highest BCUT2D eigenvalue weighted by Gasteiger charge is 2.15. The smallest absolute Gasteiger partial charge is 0.325 e. The lowest BCUT2D eigenvalue weighted by molar-refractivity contribution is -0.141. The van der Waals surface area contributed by atoms with E-state index in [0.717, 1.165) is 0 Å². The molecule has 0 saturated heterocycles. The van der Waals surface area contributed by atoms with Crippen LogP contribution >= 0.6 is 0 Å². The predicted octanol–water partition coefficient (Wildman–Crippen LogP) is 2.95. The van der Waals surface area contributed by atoms with Crippen molar-refractivity contribution in [3.63, 3.8) is 0 Å². The van der Waals surface area contributed by atoms with Crippen LogP contribution in [0.1, 0.15) is 13.8 Å². The van der Waals surface area contributed by atoms with Crippen molar-refractivity contribution in [1.82, 2.24) is 5.32 Å². The Bertz CT molecular complexity index is 1150. The molecule has 0 radical (unpaired) electrons. The number of fused-ring (bicyclic) bond motifs is 1. The van der Waals surface area contributed by atoms with Crippen LogP contribution in [-0.2, 0) is 9.59 Å². The third-order valence-corrected chi connectivity index (χ3v) is 4.20. The van der Waals surface area contributed by atoms with Gasteiger partial charge in [-0.25, -0.2) is 0 Å². The van der Waals surface area contributed by atoms with E-state index in [1.165, 1.54) is 31.4 Å². The summed E-state index contributed by atoms with van der Waals surface area (Å²) >= 11 is 0. The van der Waals surface area contributed by atoms with Gasteiger partial charge in [-0.05, 0) is 38.1 Å². The van der Waals surface area contributed by atoms with Gasteiger partial charge in [-0.15, -0.1) is 0 Å². The van der Waals surface area contributed by atoms with Crippen molar-refractivity contribution < 1.29 is 33.3 Å². The molecule has 1 atom stereocenters. The number of rotatable bonds is 9. The molecule has 3 aromatic rings. The lowest BCUT2D eigenvalue weighted by atomic mass is 10.2. The number of aliphatic carboxylic acids is 1. The van der Waals surface area contributed by atoms with Crippen molar-refractivity contribution in [3.8, 4) is 23.0 Å². The number of hydrogen-bond donors (Lipinski definition) is 2. The third-order valence-electron chi connectivity index (χ3n) is 4.20. The van der Waals surface area contributed by atoms with Gasteiger partial charge in [0.2, 0.25) is 11.2 Å². The van der Waals surface area contributed by atoms with Crippen LogP contribution in [0.15, 0.2) is 57.9 Å². The number of hydrogen-bond acceptors (Lipinski definition) is 7. The normalized spacial score (nSPS) is 11.5. The molecular formula is C22H21NO8. The number of carbonyl (C=O) groups is 2.